The van der Waals surface area contributed by atoms with Gasteiger partial charge in [0.1, 0.15) is 17.5 Å². The molecule has 0 spiro atoms. The van der Waals surface area contributed by atoms with Crippen LogP contribution in [0.3, 0.4) is 0 Å². The number of aromatic nitrogens is 2. The maximum atomic E-state index is 9.29. The van der Waals surface area contributed by atoms with Crippen molar-refractivity contribution in [3.63, 3.8) is 0 Å². The quantitative estimate of drug-likeness (QED) is 0.791. The zero-order valence-corrected chi connectivity index (χ0v) is 12.9. The van der Waals surface area contributed by atoms with Crippen LogP contribution in [0.15, 0.2) is 0 Å². The van der Waals surface area contributed by atoms with Crippen LogP contribution in [0.25, 0.3) is 0 Å². The van der Waals surface area contributed by atoms with Crippen LogP contribution in [-0.2, 0) is 7.05 Å². The fourth-order valence-electron chi connectivity index (χ4n) is 2.66. The van der Waals surface area contributed by atoms with Crippen LogP contribution in [0.4, 0.5) is 5.82 Å². The largest absolute Gasteiger partial charge is 0.353 e. The first-order valence-electron chi connectivity index (χ1n) is 7.08. The molecular weight excluding hydrogens is 252 g/mol. The highest BCUT2D eigenvalue weighted by Crippen LogP contribution is 2.23. The van der Waals surface area contributed by atoms with Crippen molar-refractivity contribution in [3.8, 4) is 6.07 Å². The van der Waals surface area contributed by atoms with Gasteiger partial charge in [-0.05, 0) is 21.0 Å². The number of hydrogen-bond donors (Lipinski definition) is 0. The summed E-state index contributed by atoms with van der Waals surface area (Å²) in [4.78, 5) is 6.97. The Bertz CT molecular complexity index is 490. The molecule has 1 aromatic heterocycles. The highest BCUT2D eigenvalue weighted by atomic mass is 15.4. The molecule has 2 rings (SSSR count). The molecule has 0 amide bonds. The van der Waals surface area contributed by atoms with E-state index < -0.39 is 0 Å². The number of nitrogens with zero attached hydrogens (tertiary/aromatic N) is 6. The predicted octanol–water partition coefficient (Wildman–Crippen LogP) is 0.284. The number of piperazine rings is 1. The zero-order valence-electron chi connectivity index (χ0n) is 12.9. The van der Waals surface area contributed by atoms with Gasteiger partial charge in [-0.2, -0.15) is 10.4 Å². The summed E-state index contributed by atoms with van der Waals surface area (Å²) in [6, 6.07) is 2.29. The van der Waals surface area contributed by atoms with Crippen LogP contribution in [-0.4, -0.2) is 72.9 Å². The van der Waals surface area contributed by atoms with Gasteiger partial charge < -0.3 is 9.80 Å². The van der Waals surface area contributed by atoms with Gasteiger partial charge in [0.25, 0.3) is 0 Å². The molecule has 6 nitrogen and oxygen atoms in total. The molecule has 20 heavy (non-hydrogen) atoms. The molecule has 1 fully saturated rings. The predicted molar refractivity (Wildman–Crippen MR) is 79.9 cm³/mol. The van der Waals surface area contributed by atoms with E-state index in [0.717, 1.165) is 50.8 Å². The summed E-state index contributed by atoms with van der Waals surface area (Å²) in [5.74, 6) is 0.970. The lowest BCUT2D eigenvalue weighted by Gasteiger charge is -2.36. The molecule has 1 aliphatic rings. The first-order valence-corrected chi connectivity index (χ1v) is 7.08. The Morgan fingerprint density at radius 1 is 1.25 bits per heavy atom. The summed E-state index contributed by atoms with van der Waals surface area (Å²) in [6.45, 7) is 8.11. The molecule has 0 unspecified atom stereocenters. The second kappa shape index (κ2) is 6.25. The molecule has 0 atom stereocenters. The lowest BCUT2D eigenvalue weighted by Crippen LogP contribution is -2.48. The van der Waals surface area contributed by atoms with Crippen LogP contribution in [0.5, 0.6) is 0 Å². The van der Waals surface area contributed by atoms with E-state index in [9.17, 15) is 5.26 Å². The van der Waals surface area contributed by atoms with Gasteiger partial charge in [-0.15, -0.1) is 0 Å². The Hall–Kier alpha value is -1.58. The van der Waals surface area contributed by atoms with Crippen molar-refractivity contribution in [3.05, 3.63) is 11.3 Å². The van der Waals surface area contributed by atoms with Crippen molar-refractivity contribution in [1.29, 1.82) is 5.26 Å². The third kappa shape index (κ3) is 3.11. The van der Waals surface area contributed by atoms with Crippen molar-refractivity contribution < 1.29 is 0 Å². The van der Waals surface area contributed by atoms with Gasteiger partial charge in [-0.25, -0.2) is 0 Å². The van der Waals surface area contributed by atoms with Crippen molar-refractivity contribution in [2.45, 2.75) is 6.92 Å². The minimum atomic E-state index is 0.717. The summed E-state index contributed by atoms with van der Waals surface area (Å²) in [7, 11) is 6.13. The molecule has 0 aromatic carbocycles. The Morgan fingerprint density at radius 2 is 1.90 bits per heavy atom. The normalized spacial score (nSPS) is 16.7. The van der Waals surface area contributed by atoms with Crippen molar-refractivity contribution >= 4 is 5.82 Å². The molecular formula is C14H24N6. The second-order valence-electron chi connectivity index (χ2n) is 5.65. The minimum Gasteiger partial charge on any atom is -0.353 e. The molecule has 0 bridgehead atoms. The fraction of sp³-hybridized carbons (Fsp3) is 0.714. The Labute approximate surface area is 121 Å². The van der Waals surface area contributed by atoms with E-state index in [1.54, 1.807) is 0 Å². The van der Waals surface area contributed by atoms with E-state index >= 15 is 0 Å². The lowest BCUT2D eigenvalue weighted by atomic mass is 10.2. The van der Waals surface area contributed by atoms with Gasteiger partial charge >= 0.3 is 0 Å². The highest BCUT2D eigenvalue weighted by molar-refractivity contribution is 5.57. The zero-order chi connectivity index (χ0) is 14.7. The fourth-order valence-corrected chi connectivity index (χ4v) is 2.66. The lowest BCUT2D eigenvalue weighted by molar-refractivity contribution is 0.228. The van der Waals surface area contributed by atoms with E-state index in [1.165, 1.54) is 0 Å². The number of likely N-dealkylation sites (N-methyl/N-ethyl adjacent to an activating group) is 1. The van der Waals surface area contributed by atoms with Crippen LogP contribution in [0, 0.1) is 18.3 Å². The van der Waals surface area contributed by atoms with E-state index in [2.05, 4.69) is 40.0 Å². The molecule has 2 heterocycles. The number of rotatable bonds is 4. The molecule has 1 aliphatic heterocycles. The smallest absolute Gasteiger partial charge is 0.145 e. The SMILES string of the molecule is Cc1nn(C)c(N2CCN(CCN(C)C)CC2)c1C#N. The maximum Gasteiger partial charge on any atom is 0.145 e. The Morgan fingerprint density at radius 3 is 2.45 bits per heavy atom. The summed E-state index contributed by atoms with van der Waals surface area (Å²) < 4.78 is 1.84. The standard InChI is InChI=1S/C14H24N6/c1-12-13(11-15)14(18(4)16-12)20-9-7-19(8-10-20)6-5-17(2)3/h5-10H2,1-4H3. The number of anilines is 1. The molecule has 1 saturated heterocycles. The molecule has 0 radical (unpaired) electrons. The van der Waals surface area contributed by atoms with E-state index in [4.69, 9.17) is 0 Å². The summed E-state index contributed by atoms with van der Waals surface area (Å²) in [5.41, 5.74) is 1.54. The van der Waals surface area contributed by atoms with Crippen molar-refractivity contribution in [2.75, 3.05) is 58.3 Å². The van der Waals surface area contributed by atoms with Crippen LogP contribution in [0.1, 0.15) is 11.3 Å². The van der Waals surface area contributed by atoms with Crippen LogP contribution < -0.4 is 4.90 Å². The summed E-state index contributed by atoms with van der Waals surface area (Å²) >= 11 is 0. The first-order chi connectivity index (χ1) is 9.52. The van der Waals surface area contributed by atoms with Crippen molar-refractivity contribution in [2.24, 2.45) is 7.05 Å². The van der Waals surface area contributed by atoms with Gasteiger partial charge in [-0.3, -0.25) is 9.58 Å². The molecule has 1 aromatic rings. The molecule has 0 N–H and O–H groups in total. The number of nitriles is 1. The topological polar surface area (TPSA) is 51.3 Å². The first kappa shape index (κ1) is 14.8. The molecule has 6 heteroatoms. The van der Waals surface area contributed by atoms with E-state index in [1.807, 2.05) is 18.7 Å². The van der Waals surface area contributed by atoms with E-state index in [-0.39, 0.29) is 0 Å². The van der Waals surface area contributed by atoms with E-state index in [0.29, 0.717) is 5.56 Å². The van der Waals surface area contributed by atoms with Crippen LogP contribution in [0.2, 0.25) is 0 Å². The Balaban J connectivity index is 1.99. The van der Waals surface area contributed by atoms with Gasteiger partial charge in [0.05, 0.1) is 5.69 Å². The number of aryl methyl sites for hydroxylation is 2. The Kier molecular flexibility index (Phi) is 4.63. The third-order valence-corrected chi connectivity index (χ3v) is 3.84. The van der Waals surface area contributed by atoms with Crippen LogP contribution >= 0.6 is 0 Å². The highest BCUT2D eigenvalue weighted by Gasteiger charge is 2.23. The van der Waals surface area contributed by atoms with Gasteiger partial charge in [0, 0.05) is 46.3 Å². The average molecular weight is 276 g/mol. The summed E-state index contributed by atoms with van der Waals surface area (Å²) in [6.07, 6.45) is 0. The monoisotopic (exact) mass is 276 g/mol. The maximum absolute atomic E-state index is 9.29. The summed E-state index contributed by atoms with van der Waals surface area (Å²) in [5, 5.41) is 13.7. The molecule has 0 aliphatic carbocycles. The van der Waals surface area contributed by atoms with Gasteiger partial charge in [0.15, 0.2) is 0 Å². The third-order valence-electron chi connectivity index (χ3n) is 3.84. The minimum absolute atomic E-state index is 0.717. The van der Waals surface area contributed by atoms with Gasteiger partial charge in [0.2, 0.25) is 0 Å². The average Bonchev–Trinajstić information content (AvgIpc) is 2.71. The second-order valence-corrected chi connectivity index (χ2v) is 5.65. The number of hydrogen-bond acceptors (Lipinski definition) is 5. The molecule has 0 saturated carbocycles. The van der Waals surface area contributed by atoms with Gasteiger partial charge in [-0.1, -0.05) is 0 Å². The van der Waals surface area contributed by atoms with Crippen molar-refractivity contribution in [1.82, 2.24) is 19.6 Å². The molecule has 110 valence electrons.